The molecule has 1 aromatic rings. The topological polar surface area (TPSA) is 43.1 Å². The van der Waals surface area contributed by atoms with E-state index >= 15 is 0 Å². The molecule has 0 aliphatic heterocycles. The zero-order valence-electron chi connectivity index (χ0n) is 9.20. The average molecular weight is 204 g/mol. The lowest BCUT2D eigenvalue weighted by Crippen LogP contribution is -1.99. The normalized spacial score (nSPS) is 12.3. The van der Waals surface area contributed by atoms with E-state index in [0.29, 0.717) is 12.3 Å². The third-order valence-electron chi connectivity index (χ3n) is 2.64. The van der Waals surface area contributed by atoms with E-state index in [4.69, 9.17) is 5.73 Å². The summed E-state index contributed by atoms with van der Waals surface area (Å²) in [5, 5.41) is 0. The first-order valence-electron chi connectivity index (χ1n) is 5.48. The van der Waals surface area contributed by atoms with E-state index in [9.17, 15) is 4.79 Å². The van der Waals surface area contributed by atoms with Gasteiger partial charge in [-0.15, -0.1) is 0 Å². The smallest absolute Gasteiger partial charge is 0.198 e. The number of nitrogen functional groups attached to an aromatic ring is 1. The molecule has 0 amide bonds. The molecule has 2 nitrogen and oxygen atoms in total. The maximum atomic E-state index is 10.3. The quantitative estimate of drug-likeness (QED) is 0.724. The van der Waals surface area contributed by atoms with Crippen molar-refractivity contribution in [2.24, 2.45) is 0 Å². The van der Waals surface area contributed by atoms with Gasteiger partial charge in [-0.2, -0.15) is 0 Å². The van der Waals surface area contributed by atoms with E-state index in [2.05, 4.69) is 19.1 Å². The first kappa shape index (κ1) is 11.8. The minimum absolute atomic E-state index is 0.469. The van der Waals surface area contributed by atoms with Gasteiger partial charge in [-0.05, 0) is 36.5 Å². The second kappa shape index (κ2) is 6.23. The van der Waals surface area contributed by atoms with Crippen LogP contribution in [-0.4, -0.2) is 6.29 Å². The number of rotatable bonds is 6. The third-order valence-corrected chi connectivity index (χ3v) is 2.64. The molecule has 0 aliphatic carbocycles. The molecule has 1 unspecified atom stereocenters. The van der Waals surface area contributed by atoms with Crippen molar-refractivity contribution in [2.45, 2.75) is 38.5 Å². The van der Waals surface area contributed by atoms with E-state index in [1.807, 2.05) is 18.4 Å². The molecule has 0 aliphatic rings. The lowest BCUT2D eigenvalue weighted by atomic mass is 9.90. The molecule has 0 saturated carbocycles. The largest absolute Gasteiger partial charge is 0.399 e. The number of carbonyl (C=O) groups excluding carboxylic acids is 1. The zero-order valence-corrected chi connectivity index (χ0v) is 9.20. The Kier molecular flexibility index (Phi) is 4.88. The summed E-state index contributed by atoms with van der Waals surface area (Å²) in [6, 6.07) is 7.95. The Morgan fingerprint density at radius 1 is 1.27 bits per heavy atom. The molecule has 0 bridgehead atoms. The Labute approximate surface area is 91.5 Å². The van der Waals surface area contributed by atoms with Gasteiger partial charge in [-0.3, -0.25) is 4.79 Å². The van der Waals surface area contributed by atoms with E-state index in [0.717, 1.165) is 24.9 Å². The van der Waals surface area contributed by atoms with Crippen molar-refractivity contribution >= 4 is 12.0 Å². The van der Waals surface area contributed by atoms with Gasteiger partial charge in [0.05, 0.1) is 0 Å². The Morgan fingerprint density at radius 3 is 2.47 bits per heavy atom. The molecular weight excluding hydrogens is 186 g/mol. The summed E-state index contributed by atoms with van der Waals surface area (Å²) < 4.78 is 0. The van der Waals surface area contributed by atoms with Gasteiger partial charge in [0.1, 0.15) is 0 Å². The molecule has 15 heavy (non-hydrogen) atoms. The number of nitrogens with two attached hydrogens (primary N) is 1. The summed E-state index contributed by atoms with van der Waals surface area (Å²) >= 11 is 0. The van der Waals surface area contributed by atoms with Crippen LogP contribution in [0.4, 0.5) is 5.69 Å². The molecule has 81 valence electrons. The van der Waals surface area contributed by atoms with Gasteiger partial charge in [0.15, 0.2) is 6.29 Å². The highest BCUT2D eigenvalue weighted by molar-refractivity contribution is 5.50. The minimum Gasteiger partial charge on any atom is -0.399 e. The first-order chi connectivity index (χ1) is 7.27. The van der Waals surface area contributed by atoms with E-state index < -0.39 is 0 Å². The van der Waals surface area contributed by atoms with Crippen LogP contribution in [0.25, 0.3) is 0 Å². The van der Waals surface area contributed by atoms with Gasteiger partial charge in [-0.1, -0.05) is 25.5 Å². The lowest BCUT2D eigenvalue weighted by molar-refractivity contribution is 0.529. The number of hydrogen-bond donors (Lipinski definition) is 1. The van der Waals surface area contributed by atoms with Gasteiger partial charge in [0.25, 0.3) is 0 Å². The van der Waals surface area contributed by atoms with Crippen LogP contribution in [-0.2, 0) is 4.79 Å². The molecule has 1 aromatic carbocycles. The van der Waals surface area contributed by atoms with Crippen LogP contribution in [0.1, 0.15) is 44.1 Å². The molecule has 0 fully saturated rings. The van der Waals surface area contributed by atoms with Gasteiger partial charge in [0, 0.05) is 12.1 Å². The Morgan fingerprint density at radius 2 is 1.93 bits per heavy atom. The van der Waals surface area contributed by atoms with Crippen molar-refractivity contribution in [2.75, 3.05) is 5.73 Å². The van der Waals surface area contributed by atoms with Crippen molar-refractivity contribution in [3.63, 3.8) is 0 Å². The molecule has 1 rings (SSSR count). The van der Waals surface area contributed by atoms with E-state index in [-0.39, 0.29) is 0 Å². The van der Waals surface area contributed by atoms with E-state index in [1.165, 1.54) is 5.56 Å². The summed E-state index contributed by atoms with van der Waals surface area (Å²) in [7, 11) is 0. The first-order valence-corrected chi connectivity index (χ1v) is 5.48. The molecule has 0 heterocycles. The molecular formula is C13H18NO. The SMILES string of the molecule is CCCC(CC[C]=O)c1ccc(N)cc1. The van der Waals surface area contributed by atoms with Gasteiger partial charge >= 0.3 is 0 Å². The van der Waals surface area contributed by atoms with Crippen molar-refractivity contribution in [1.29, 1.82) is 0 Å². The third kappa shape index (κ3) is 3.74. The summed E-state index contributed by atoms with van der Waals surface area (Å²) in [5.41, 5.74) is 7.71. The fourth-order valence-corrected chi connectivity index (χ4v) is 1.83. The number of hydrogen-bond acceptors (Lipinski definition) is 2. The maximum Gasteiger partial charge on any atom is 0.198 e. The van der Waals surface area contributed by atoms with Gasteiger partial charge in [0.2, 0.25) is 0 Å². The summed E-state index contributed by atoms with van der Waals surface area (Å²) in [6.45, 7) is 2.16. The van der Waals surface area contributed by atoms with Crippen molar-refractivity contribution in [3.8, 4) is 0 Å². The second-order valence-corrected chi connectivity index (χ2v) is 3.84. The highest BCUT2D eigenvalue weighted by Crippen LogP contribution is 2.26. The average Bonchev–Trinajstić information content (AvgIpc) is 2.25. The highest BCUT2D eigenvalue weighted by atomic mass is 16.1. The Balaban J connectivity index is 2.69. The molecule has 2 heteroatoms. The lowest BCUT2D eigenvalue weighted by Gasteiger charge is -2.15. The van der Waals surface area contributed by atoms with Crippen LogP contribution < -0.4 is 5.73 Å². The summed E-state index contributed by atoms with van der Waals surface area (Å²) in [5.74, 6) is 0.469. The number of anilines is 1. The standard InChI is InChI=1S/C13H18NO/c1-2-4-11(5-3-10-15)12-6-8-13(14)9-7-12/h6-9,11H,2-5,14H2,1H3. The van der Waals surface area contributed by atoms with Gasteiger partial charge < -0.3 is 5.73 Å². The van der Waals surface area contributed by atoms with Crippen molar-refractivity contribution < 1.29 is 4.79 Å². The molecule has 0 spiro atoms. The van der Waals surface area contributed by atoms with Crippen LogP contribution in [0.2, 0.25) is 0 Å². The summed E-state index contributed by atoms with van der Waals surface area (Å²) in [4.78, 5) is 10.3. The second-order valence-electron chi connectivity index (χ2n) is 3.84. The maximum absolute atomic E-state index is 10.3. The fraction of sp³-hybridized carbons (Fsp3) is 0.462. The predicted molar refractivity (Wildman–Crippen MR) is 63.4 cm³/mol. The van der Waals surface area contributed by atoms with Crippen molar-refractivity contribution in [3.05, 3.63) is 29.8 Å². The summed E-state index contributed by atoms with van der Waals surface area (Å²) in [6.07, 6.45) is 5.63. The zero-order chi connectivity index (χ0) is 11.1. The molecule has 1 radical (unpaired) electrons. The predicted octanol–water partition coefficient (Wildman–Crippen LogP) is 3.04. The van der Waals surface area contributed by atoms with E-state index in [1.54, 1.807) is 0 Å². The minimum atomic E-state index is 0.469. The van der Waals surface area contributed by atoms with Crippen molar-refractivity contribution in [1.82, 2.24) is 0 Å². The van der Waals surface area contributed by atoms with Crippen LogP contribution in [0.15, 0.2) is 24.3 Å². The molecule has 2 N–H and O–H groups in total. The van der Waals surface area contributed by atoms with Crippen LogP contribution in [0.3, 0.4) is 0 Å². The van der Waals surface area contributed by atoms with Crippen LogP contribution in [0, 0.1) is 0 Å². The van der Waals surface area contributed by atoms with Crippen LogP contribution in [0.5, 0.6) is 0 Å². The molecule has 0 aromatic heterocycles. The van der Waals surface area contributed by atoms with Crippen LogP contribution >= 0.6 is 0 Å². The highest BCUT2D eigenvalue weighted by Gasteiger charge is 2.09. The number of benzene rings is 1. The fourth-order valence-electron chi connectivity index (χ4n) is 1.83. The van der Waals surface area contributed by atoms with Gasteiger partial charge in [-0.25, -0.2) is 0 Å². The Bertz CT molecular complexity index is 292. The molecule has 0 saturated heterocycles. The monoisotopic (exact) mass is 204 g/mol. The Hall–Kier alpha value is -1.31. The molecule has 1 atom stereocenters.